The molecular formula is C15H18N2O2S2. The highest BCUT2D eigenvalue weighted by atomic mass is 32.1. The van der Waals surface area contributed by atoms with E-state index in [2.05, 4.69) is 27.4 Å². The van der Waals surface area contributed by atoms with Crippen molar-refractivity contribution >= 4 is 28.6 Å². The van der Waals surface area contributed by atoms with Crippen molar-refractivity contribution in [2.45, 2.75) is 31.7 Å². The third-order valence-electron chi connectivity index (χ3n) is 3.80. The van der Waals surface area contributed by atoms with E-state index in [-0.39, 0.29) is 6.42 Å². The van der Waals surface area contributed by atoms with Gasteiger partial charge in [0, 0.05) is 22.7 Å². The molecule has 0 aliphatic carbocycles. The monoisotopic (exact) mass is 322 g/mol. The van der Waals surface area contributed by atoms with Gasteiger partial charge >= 0.3 is 5.97 Å². The number of likely N-dealkylation sites (tertiary alicyclic amines) is 1. The Morgan fingerprint density at radius 3 is 2.86 bits per heavy atom. The number of hydrogen-bond donors (Lipinski definition) is 1. The standard InChI is InChI=1S/C15H18N2O2S2/c18-14(19)8-12-10-21-15(16-12)11-3-5-17(6-4-11)9-13-2-1-7-20-13/h1-2,7,10-11H,3-6,8-9H2,(H,18,19). The van der Waals surface area contributed by atoms with Crippen molar-refractivity contribution in [2.24, 2.45) is 0 Å². The molecule has 2 aromatic heterocycles. The number of thiophene rings is 1. The van der Waals surface area contributed by atoms with Crippen molar-refractivity contribution in [3.8, 4) is 0 Å². The van der Waals surface area contributed by atoms with Gasteiger partial charge in [0.1, 0.15) is 0 Å². The van der Waals surface area contributed by atoms with Crippen LogP contribution in [0.5, 0.6) is 0 Å². The Bertz CT molecular complexity index is 587. The first-order valence-corrected chi connectivity index (χ1v) is 8.87. The van der Waals surface area contributed by atoms with Crippen LogP contribution in [0.3, 0.4) is 0 Å². The highest BCUT2D eigenvalue weighted by molar-refractivity contribution is 7.10. The summed E-state index contributed by atoms with van der Waals surface area (Å²) in [5.74, 6) is -0.310. The molecule has 1 N–H and O–H groups in total. The van der Waals surface area contributed by atoms with Crippen molar-refractivity contribution in [1.29, 1.82) is 0 Å². The first kappa shape index (κ1) is 14.7. The fourth-order valence-electron chi connectivity index (χ4n) is 2.71. The van der Waals surface area contributed by atoms with Crippen LogP contribution in [0, 0.1) is 0 Å². The van der Waals surface area contributed by atoms with Gasteiger partial charge in [-0.25, -0.2) is 4.98 Å². The molecule has 1 aliphatic rings. The zero-order chi connectivity index (χ0) is 14.7. The van der Waals surface area contributed by atoms with Gasteiger partial charge in [-0.3, -0.25) is 9.69 Å². The van der Waals surface area contributed by atoms with E-state index in [9.17, 15) is 4.79 Å². The second-order valence-corrected chi connectivity index (χ2v) is 7.30. The highest BCUT2D eigenvalue weighted by Gasteiger charge is 2.23. The molecule has 3 rings (SSSR count). The first-order valence-electron chi connectivity index (χ1n) is 7.11. The van der Waals surface area contributed by atoms with Gasteiger partial charge in [-0.1, -0.05) is 6.07 Å². The molecule has 0 bridgehead atoms. The lowest BCUT2D eigenvalue weighted by molar-refractivity contribution is -0.136. The number of nitrogens with zero attached hydrogens (tertiary/aromatic N) is 2. The number of aromatic nitrogens is 1. The first-order chi connectivity index (χ1) is 10.2. The molecule has 112 valence electrons. The van der Waals surface area contributed by atoms with E-state index in [0.29, 0.717) is 11.6 Å². The van der Waals surface area contributed by atoms with Crippen LogP contribution in [0.2, 0.25) is 0 Å². The van der Waals surface area contributed by atoms with Crippen LogP contribution >= 0.6 is 22.7 Å². The summed E-state index contributed by atoms with van der Waals surface area (Å²) in [7, 11) is 0. The molecular weight excluding hydrogens is 304 g/mol. The lowest BCUT2D eigenvalue weighted by atomic mass is 9.97. The Balaban J connectivity index is 1.53. The van der Waals surface area contributed by atoms with E-state index in [0.717, 1.165) is 37.5 Å². The van der Waals surface area contributed by atoms with E-state index < -0.39 is 5.97 Å². The predicted octanol–water partition coefficient (Wildman–Crippen LogP) is 3.21. The second kappa shape index (κ2) is 6.68. The molecule has 1 fully saturated rings. The predicted molar refractivity (Wildman–Crippen MR) is 85.0 cm³/mol. The average Bonchev–Trinajstić information content (AvgIpc) is 3.11. The summed E-state index contributed by atoms with van der Waals surface area (Å²) in [6.07, 6.45) is 2.27. The van der Waals surface area contributed by atoms with Gasteiger partial charge in [0.2, 0.25) is 0 Å². The molecule has 2 aromatic rings. The molecule has 21 heavy (non-hydrogen) atoms. The molecule has 0 radical (unpaired) electrons. The summed E-state index contributed by atoms with van der Waals surface area (Å²) < 4.78 is 0. The zero-order valence-corrected chi connectivity index (χ0v) is 13.3. The summed E-state index contributed by atoms with van der Waals surface area (Å²) in [5.41, 5.74) is 0.698. The minimum Gasteiger partial charge on any atom is -0.481 e. The number of aliphatic carboxylic acids is 1. The van der Waals surface area contributed by atoms with Crippen LogP contribution in [0.25, 0.3) is 0 Å². The van der Waals surface area contributed by atoms with E-state index in [1.807, 2.05) is 16.7 Å². The van der Waals surface area contributed by atoms with Crippen molar-refractivity contribution in [3.63, 3.8) is 0 Å². The van der Waals surface area contributed by atoms with Gasteiger partial charge in [-0.2, -0.15) is 0 Å². The number of carbonyl (C=O) groups is 1. The molecule has 0 spiro atoms. The van der Waals surface area contributed by atoms with Crippen LogP contribution in [0.1, 0.15) is 34.3 Å². The van der Waals surface area contributed by atoms with E-state index >= 15 is 0 Å². The van der Waals surface area contributed by atoms with Crippen molar-refractivity contribution in [3.05, 3.63) is 38.5 Å². The summed E-state index contributed by atoms with van der Waals surface area (Å²) >= 11 is 3.43. The third-order valence-corrected chi connectivity index (χ3v) is 5.72. The molecule has 0 atom stereocenters. The number of hydrogen-bond acceptors (Lipinski definition) is 5. The molecule has 0 saturated carbocycles. The fraction of sp³-hybridized carbons (Fsp3) is 0.467. The molecule has 0 aromatic carbocycles. The minimum atomic E-state index is -0.808. The molecule has 1 aliphatic heterocycles. The van der Waals surface area contributed by atoms with Crippen LogP contribution in [0.4, 0.5) is 0 Å². The van der Waals surface area contributed by atoms with Crippen LogP contribution in [-0.2, 0) is 17.8 Å². The van der Waals surface area contributed by atoms with Gasteiger partial charge in [-0.15, -0.1) is 22.7 Å². The Labute approximate surface area is 132 Å². The number of thiazole rings is 1. The Hall–Kier alpha value is -1.24. The van der Waals surface area contributed by atoms with Crippen LogP contribution < -0.4 is 0 Å². The quantitative estimate of drug-likeness (QED) is 0.918. The average molecular weight is 322 g/mol. The second-order valence-electron chi connectivity index (χ2n) is 5.38. The Morgan fingerprint density at radius 2 is 2.19 bits per heavy atom. The Kier molecular flexibility index (Phi) is 4.67. The fourth-order valence-corrected chi connectivity index (χ4v) is 4.44. The summed E-state index contributed by atoms with van der Waals surface area (Å²) in [5, 5.41) is 13.9. The maximum atomic E-state index is 10.7. The number of piperidine rings is 1. The molecule has 3 heterocycles. The summed E-state index contributed by atoms with van der Waals surface area (Å²) in [6, 6.07) is 4.29. The normalized spacial score (nSPS) is 17.1. The van der Waals surface area contributed by atoms with E-state index in [1.165, 1.54) is 4.88 Å². The van der Waals surface area contributed by atoms with Gasteiger partial charge < -0.3 is 5.11 Å². The summed E-state index contributed by atoms with van der Waals surface area (Å²) in [4.78, 5) is 19.1. The minimum absolute atomic E-state index is 0.0354. The molecule has 0 unspecified atom stereocenters. The zero-order valence-electron chi connectivity index (χ0n) is 11.7. The van der Waals surface area contributed by atoms with Crippen molar-refractivity contribution < 1.29 is 9.90 Å². The summed E-state index contributed by atoms with van der Waals surface area (Å²) in [6.45, 7) is 3.24. The molecule has 1 saturated heterocycles. The van der Waals surface area contributed by atoms with Crippen molar-refractivity contribution in [1.82, 2.24) is 9.88 Å². The van der Waals surface area contributed by atoms with Crippen LogP contribution in [-0.4, -0.2) is 34.0 Å². The molecule has 6 heteroatoms. The lowest BCUT2D eigenvalue weighted by Crippen LogP contribution is -2.32. The van der Waals surface area contributed by atoms with Crippen molar-refractivity contribution in [2.75, 3.05) is 13.1 Å². The van der Waals surface area contributed by atoms with E-state index in [1.54, 1.807) is 11.3 Å². The SMILES string of the molecule is O=C(O)Cc1csc(C2CCN(Cc3cccs3)CC2)n1. The molecule has 0 amide bonds. The largest absolute Gasteiger partial charge is 0.481 e. The van der Waals surface area contributed by atoms with Gasteiger partial charge in [0.25, 0.3) is 0 Å². The molecule has 4 nitrogen and oxygen atoms in total. The maximum Gasteiger partial charge on any atom is 0.309 e. The number of carboxylic acid groups (broad SMARTS) is 1. The number of rotatable bonds is 5. The van der Waals surface area contributed by atoms with Gasteiger partial charge in [-0.05, 0) is 37.4 Å². The maximum absolute atomic E-state index is 10.7. The lowest BCUT2D eigenvalue weighted by Gasteiger charge is -2.30. The third kappa shape index (κ3) is 3.90. The van der Waals surface area contributed by atoms with Gasteiger partial charge in [0.05, 0.1) is 17.1 Å². The smallest absolute Gasteiger partial charge is 0.309 e. The number of carboxylic acids is 1. The van der Waals surface area contributed by atoms with E-state index in [4.69, 9.17) is 5.11 Å². The van der Waals surface area contributed by atoms with Gasteiger partial charge in [0.15, 0.2) is 0 Å². The van der Waals surface area contributed by atoms with Crippen LogP contribution in [0.15, 0.2) is 22.9 Å². The topological polar surface area (TPSA) is 53.4 Å². The highest BCUT2D eigenvalue weighted by Crippen LogP contribution is 2.31. The Morgan fingerprint density at radius 1 is 1.38 bits per heavy atom.